The molecule has 0 radical (unpaired) electrons. The maximum Gasteiger partial charge on any atom is 0.366 e. The van der Waals surface area contributed by atoms with Crippen molar-refractivity contribution in [2.75, 3.05) is 0 Å². The molecule has 4 nitrogen and oxygen atoms in total. The number of halogens is 3. The lowest BCUT2D eigenvalue weighted by Crippen LogP contribution is -2.24. The Kier molecular flexibility index (Phi) is 2.79. The Balaban J connectivity index is 2.97. The Hall–Kier alpha value is -2.00. The lowest BCUT2D eigenvalue weighted by molar-refractivity contribution is 0.0896. The maximum absolute atomic E-state index is 13.2. The average molecular weight is 269 g/mol. The molecule has 0 unspecified atom stereocenters. The fourth-order valence-corrected chi connectivity index (χ4v) is 1.72. The summed E-state index contributed by atoms with van der Waals surface area (Å²) in [5.74, 6) is 0. The minimum absolute atomic E-state index is 0.148. The number of nitrogens with one attached hydrogen (secondary N) is 1. The van der Waals surface area contributed by atoms with Crippen LogP contribution in [0.4, 0.5) is 8.78 Å². The molecule has 0 saturated heterocycles. The number of pyridine rings is 1. The van der Waals surface area contributed by atoms with Gasteiger partial charge < -0.3 is 0 Å². The maximum atomic E-state index is 13.2. The summed E-state index contributed by atoms with van der Waals surface area (Å²) in [6.07, 6.45) is 1.50. The molecule has 92 valence electrons. The Morgan fingerprint density at radius 2 is 2.22 bits per heavy atom. The third kappa shape index (κ3) is 1.93. The van der Waals surface area contributed by atoms with Crippen LogP contribution in [-0.4, -0.2) is 9.38 Å². The van der Waals surface area contributed by atoms with Gasteiger partial charge in [-0.3, -0.25) is 9.81 Å². The van der Waals surface area contributed by atoms with Gasteiger partial charge in [-0.2, -0.15) is 14.0 Å². The van der Waals surface area contributed by atoms with E-state index in [-0.39, 0.29) is 11.1 Å². The second-order valence-electron chi connectivity index (χ2n) is 3.73. The molecule has 0 saturated carbocycles. The molecule has 2 aromatic rings. The van der Waals surface area contributed by atoms with Crippen LogP contribution < -0.4 is 5.49 Å². The highest BCUT2D eigenvalue weighted by atomic mass is 35.5. The number of nitrogens with zero attached hydrogens (tertiary/aromatic N) is 3. The van der Waals surface area contributed by atoms with E-state index in [1.54, 1.807) is 19.1 Å². The van der Waals surface area contributed by atoms with Crippen LogP contribution in [0.2, 0.25) is 0 Å². The van der Waals surface area contributed by atoms with Crippen molar-refractivity contribution in [1.29, 1.82) is 10.7 Å². The van der Waals surface area contributed by atoms with E-state index in [2.05, 4.69) is 4.98 Å². The summed E-state index contributed by atoms with van der Waals surface area (Å²) in [5.41, 5.74) is -0.832. The van der Waals surface area contributed by atoms with Crippen molar-refractivity contribution in [1.82, 2.24) is 9.38 Å². The molecule has 0 aliphatic heterocycles. The van der Waals surface area contributed by atoms with Gasteiger partial charge in [0.1, 0.15) is 23.0 Å². The number of nitriles is 1. The van der Waals surface area contributed by atoms with Crippen molar-refractivity contribution in [2.24, 2.45) is 0 Å². The van der Waals surface area contributed by atoms with E-state index in [0.717, 1.165) is 5.56 Å². The second-order valence-corrected chi connectivity index (χ2v) is 4.20. The van der Waals surface area contributed by atoms with Gasteiger partial charge in [0.25, 0.3) is 0 Å². The monoisotopic (exact) mass is 268 g/mol. The Labute approximate surface area is 106 Å². The number of aromatic nitrogens is 2. The molecule has 0 spiro atoms. The molecule has 0 fully saturated rings. The van der Waals surface area contributed by atoms with Gasteiger partial charge in [0, 0.05) is 6.20 Å². The van der Waals surface area contributed by atoms with Gasteiger partial charge in [0.05, 0.1) is 0 Å². The van der Waals surface area contributed by atoms with E-state index in [1.807, 2.05) is 0 Å². The summed E-state index contributed by atoms with van der Waals surface area (Å²) in [5, 5.41) is 12.8. The standard InChI is InChI=1S/C11H7ClF2N4/c1-6-2-3-18-8(4-6)17-9(11(12,13)14)7(5-15)10(18)16/h2-4,16H,1H3. The first-order valence-electron chi connectivity index (χ1n) is 4.89. The molecule has 2 aromatic heterocycles. The van der Waals surface area contributed by atoms with Crippen molar-refractivity contribution >= 4 is 17.2 Å². The Morgan fingerprint density at radius 3 is 2.78 bits per heavy atom. The van der Waals surface area contributed by atoms with Gasteiger partial charge >= 0.3 is 5.38 Å². The van der Waals surface area contributed by atoms with Crippen LogP contribution in [0.5, 0.6) is 0 Å². The summed E-state index contributed by atoms with van der Waals surface area (Å²) >= 11 is 4.92. The summed E-state index contributed by atoms with van der Waals surface area (Å²) in [7, 11) is 0. The normalized spacial score (nSPS) is 11.5. The third-order valence-electron chi connectivity index (χ3n) is 2.41. The highest BCUT2D eigenvalue weighted by Gasteiger charge is 2.34. The van der Waals surface area contributed by atoms with Gasteiger partial charge in [-0.05, 0) is 36.2 Å². The summed E-state index contributed by atoms with van der Waals surface area (Å²) in [6.45, 7) is 1.77. The van der Waals surface area contributed by atoms with E-state index < -0.39 is 16.6 Å². The van der Waals surface area contributed by atoms with Crippen LogP contribution in [0.3, 0.4) is 0 Å². The van der Waals surface area contributed by atoms with Crippen molar-refractivity contribution in [3.05, 3.63) is 40.6 Å². The smallest absolute Gasteiger partial charge is 0.285 e. The molecule has 0 aliphatic carbocycles. The molecular formula is C11H7ClF2N4. The van der Waals surface area contributed by atoms with Crippen LogP contribution in [-0.2, 0) is 5.38 Å². The van der Waals surface area contributed by atoms with Gasteiger partial charge in [-0.15, -0.1) is 0 Å². The highest BCUT2D eigenvalue weighted by Crippen LogP contribution is 2.32. The first-order valence-corrected chi connectivity index (χ1v) is 5.27. The molecule has 0 bridgehead atoms. The topological polar surface area (TPSA) is 64.9 Å². The molecule has 0 atom stereocenters. The van der Waals surface area contributed by atoms with Crippen LogP contribution in [0.25, 0.3) is 5.65 Å². The minimum atomic E-state index is -3.78. The lowest BCUT2D eigenvalue weighted by Gasteiger charge is -2.11. The highest BCUT2D eigenvalue weighted by molar-refractivity contribution is 6.21. The average Bonchev–Trinajstić information content (AvgIpc) is 2.27. The second kappa shape index (κ2) is 4.03. The molecule has 2 heterocycles. The zero-order chi connectivity index (χ0) is 13.5. The quantitative estimate of drug-likeness (QED) is 0.807. The van der Waals surface area contributed by atoms with Crippen LogP contribution in [0.1, 0.15) is 16.8 Å². The lowest BCUT2D eigenvalue weighted by atomic mass is 10.2. The fraction of sp³-hybridized carbons (Fsp3) is 0.182. The third-order valence-corrected chi connectivity index (χ3v) is 2.59. The minimum Gasteiger partial charge on any atom is -0.285 e. The van der Waals surface area contributed by atoms with Crippen molar-refractivity contribution in [3.63, 3.8) is 0 Å². The Bertz CT molecular complexity index is 725. The molecule has 7 heteroatoms. The Morgan fingerprint density at radius 1 is 1.56 bits per heavy atom. The van der Waals surface area contributed by atoms with E-state index in [9.17, 15) is 8.78 Å². The van der Waals surface area contributed by atoms with E-state index in [4.69, 9.17) is 22.3 Å². The molecule has 1 N–H and O–H groups in total. The number of aryl methyl sites for hydroxylation is 1. The first-order chi connectivity index (χ1) is 8.34. The summed E-state index contributed by atoms with van der Waals surface area (Å²) in [4.78, 5) is 3.68. The van der Waals surface area contributed by atoms with Crippen molar-refractivity contribution in [2.45, 2.75) is 12.3 Å². The fourth-order valence-electron chi connectivity index (χ4n) is 1.58. The molecule has 2 rings (SSSR count). The van der Waals surface area contributed by atoms with Crippen LogP contribution >= 0.6 is 11.6 Å². The molecule has 0 aliphatic rings. The first kappa shape index (κ1) is 12.5. The van der Waals surface area contributed by atoms with Crippen LogP contribution in [0, 0.1) is 23.7 Å². The van der Waals surface area contributed by atoms with Crippen molar-refractivity contribution < 1.29 is 8.78 Å². The zero-order valence-corrected chi connectivity index (χ0v) is 9.96. The molecule has 0 aromatic carbocycles. The summed E-state index contributed by atoms with van der Waals surface area (Å²) < 4.78 is 27.6. The van der Waals surface area contributed by atoms with E-state index >= 15 is 0 Å². The van der Waals surface area contributed by atoms with Crippen LogP contribution in [0.15, 0.2) is 18.3 Å². The number of hydrogen-bond donors (Lipinski definition) is 1. The van der Waals surface area contributed by atoms with E-state index in [0.29, 0.717) is 0 Å². The SMILES string of the molecule is Cc1ccn2c(=N)c(C#N)c(C(F)(F)Cl)nc2c1. The predicted molar refractivity (Wildman–Crippen MR) is 60.2 cm³/mol. The van der Waals surface area contributed by atoms with Gasteiger partial charge in [-0.1, -0.05) is 0 Å². The summed E-state index contributed by atoms with van der Waals surface area (Å²) in [6, 6.07) is 4.76. The predicted octanol–water partition coefficient (Wildman–Crippen LogP) is 2.28. The van der Waals surface area contributed by atoms with Gasteiger partial charge in [0.15, 0.2) is 5.49 Å². The van der Waals surface area contributed by atoms with Gasteiger partial charge in [0.2, 0.25) is 0 Å². The zero-order valence-electron chi connectivity index (χ0n) is 9.21. The molecule has 18 heavy (non-hydrogen) atoms. The molecule has 0 amide bonds. The van der Waals surface area contributed by atoms with Crippen molar-refractivity contribution in [3.8, 4) is 6.07 Å². The number of rotatable bonds is 1. The number of hydrogen-bond acceptors (Lipinski definition) is 3. The largest absolute Gasteiger partial charge is 0.366 e. The van der Waals surface area contributed by atoms with E-state index in [1.165, 1.54) is 16.7 Å². The number of alkyl halides is 3. The number of fused-ring (bicyclic) bond motifs is 1. The van der Waals surface area contributed by atoms with Gasteiger partial charge in [-0.25, -0.2) is 4.98 Å². The molecular weight excluding hydrogens is 262 g/mol.